The van der Waals surface area contributed by atoms with E-state index >= 15 is 0 Å². The first kappa shape index (κ1) is 23.8. The molecule has 0 fully saturated rings. The summed E-state index contributed by atoms with van der Waals surface area (Å²) in [4.78, 5) is 34.9. The number of carbonyl (C=O) groups is 1. The first-order valence-corrected chi connectivity index (χ1v) is 12.7. The fraction of sp³-hybridized carbons (Fsp3) is 0.179. The molecule has 4 aromatic rings. The Labute approximate surface area is 213 Å². The van der Waals surface area contributed by atoms with Crippen LogP contribution >= 0.6 is 11.8 Å². The van der Waals surface area contributed by atoms with Crippen LogP contribution in [0.25, 0.3) is 0 Å². The number of aromatic nitrogens is 2. The molecule has 0 saturated carbocycles. The number of hydrogen-bond donors (Lipinski definition) is 2. The number of nitrogens with one attached hydrogen (secondary N) is 2. The standard InChI is InChI=1S/C28H26N4O3S/c33-26(29-21-11-13-23(14-12-21)35-22-9-5-2-6-10-22)19-36-28-30-25-15-16-32(18-24(25)27(34)31-28)17-20-7-3-1-4-8-20/h1-14H,15-19H2,(H,29,33)(H,30,31,34). The lowest BCUT2D eigenvalue weighted by Crippen LogP contribution is -2.35. The molecule has 0 bridgehead atoms. The molecule has 0 spiro atoms. The summed E-state index contributed by atoms with van der Waals surface area (Å²) in [7, 11) is 0. The zero-order chi connectivity index (χ0) is 24.7. The van der Waals surface area contributed by atoms with E-state index in [0.717, 1.165) is 24.5 Å². The monoisotopic (exact) mass is 498 g/mol. The minimum atomic E-state index is -0.175. The van der Waals surface area contributed by atoms with E-state index in [1.165, 1.54) is 17.3 Å². The molecule has 0 aliphatic carbocycles. The van der Waals surface area contributed by atoms with Crippen LogP contribution in [0.1, 0.15) is 16.8 Å². The molecule has 36 heavy (non-hydrogen) atoms. The third-order valence-electron chi connectivity index (χ3n) is 5.83. The quantitative estimate of drug-likeness (QED) is 0.267. The average molecular weight is 499 g/mol. The lowest BCUT2D eigenvalue weighted by atomic mass is 10.1. The van der Waals surface area contributed by atoms with E-state index in [0.29, 0.717) is 35.1 Å². The van der Waals surface area contributed by atoms with Crippen molar-refractivity contribution in [1.29, 1.82) is 0 Å². The topological polar surface area (TPSA) is 87.3 Å². The molecule has 182 valence electrons. The SMILES string of the molecule is O=C(CSc1nc2c(c(=O)[nH]1)CN(Cc1ccccc1)CC2)Nc1ccc(Oc2ccccc2)cc1. The Morgan fingerprint density at radius 3 is 2.42 bits per heavy atom. The van der Waals surface area contributed by atoms with Gasteiger partial charge in [0, 0.05) is 31.7 Å². The molecule has 1 amide bonds. The number of rotatable bonds is 8. The van der Waals surface area contributed by atoms with Crippen LogP contribution in [0.4, 0.5) is 5.69 Å². The molecule has 8 heteroatoms. The maximum Gasteiger partial charge on any atom is 0.256 e. The van der Waals surface area contributed by atoms with Crippen LogP contribution in [0.5, 0.6) is 11.5 Å². The van der Waals surface area contributed by atoms with Gasteiger partial charge in [-0.2, -0.15) is 0 Å². The van der Waals surface area contributed by atoms with E-state index in [9.17, 15) is 9.59 Å². The first-order valence-electron chi connectivity index (χ1n) is 11.8. The number of aromatic amines is 1. The van der Waals surface area contributed by atoms with Crippen LogP contribution < -0.4 is 15.6 Å². The van der Waals surface area contributed by atoms with Crippen molar-refractivity contribution in [2.45, 2.75) is 24.7 Å². The van der Waals surface area contributed by atoms with E-state index < -0.39 is 0 Å². The molecule has 0 atom stereocenters. The summed E-state index contributed by atoms with van der Waals surface area (Å²) < 4.78 is 5.77. The summed E-state index contributed by atoms with van der Waals surface area (Å²) in [5.74, 6) is 1.41. The van der Waals surface area contributed by atoms with Gasteiger partial charge >= 0.3 is 0 Å². The van der Waals surface area contributed by atoms with E-state index in [1.807, 2.05) is 48.5 Å². The number of ether oxygens (including phenoxy) is 1. The third kappa shape index (κ3) is 6.21. The summed E-state index contributed by atoms with van der Waals surface area (Å²) >= 11 is 1.23. The van der Waals surface area contributed by atoms with Crippen LogP contribution in [-0.2, 0) is 24.3 Å². The molecule has 5 rings (SSSR count). The van der Waals surface area contributed by atoms with Crippen LogP contribution in [0, 0.1) is 0 Å². The summed E-state index contributed by atoms with van der Waals surface area (Å²) in [5, 5.41) is 3.34. The van der Waals surface area contributed by atoms with E-state index in [4.69, 9.17) is 4.74 Å². The highest BCUT2D eigenvalue weighted by atomic mass is 32.2. The molecular weight excluding hydrogens is 472 g/mol. The summed E-state index contributed by atoms with van der Waals surface area (Å²) in [6.45, 7) is 2.21. The maximum absolute atomic E-state index is 12.7. The predicted octanol–water partition coefficient (Wildman–Crippen LogP) is 4.85. The number of para-hydroxylation sites is 1. The molecule has 1 aliphatic heterocycles. The van der Waals surface area contributed by atoms with Gasteiger partial charge in [0.1, 0.15) is 11.5 Å². The zero-order valence-corrected chi connectivity index (χ0v) is 20.5. The van der Waals surface area contributed by atoms with Gasteiger partial charge in [-0.3, -0.25) is 14.5 Å². The van der Waals surface area contributed by atoms with Gasteiger partial charge in [0.25, 0.3) is 5.56 Å². The predicted molar refractivity (Wildman–Crippen MR) is 141 cm³/mol. The molecule has 7 nitrogen and oxygen atoms in total. The van der Waals surface area contributed by atoms with Crippen molar-refractivity contribution in [3.8, 4) is 11.5 Å². The maximum atomic E-state index is 12.7. The lowest BCUT2D eigenvalue weighted by Gasteiger charge is -2.27. The van der Waals surface area contributed by atoms with Crippen molar-refractivity contribution >= 4 is 23.4 Å². The van der Waals surface area contributed by atoms with Gasteiger partial charge < -0.3 is 15.0 Å². The second-order valence-corrected chi connectivity index (χ2v) is 9.48. The Kier molecular flexibility index (Phi) is 7.44. The van der Waals surface area contributed by atoms with Crippen LogP contribution in [0.15, 0.2) is 94.9 Å². The van der Waals surface area contributed by atoms with Crippen molar-refractivity contribution in [3.05, 3.63) is 112 Å². The van der Waals surface area contributed by atoms with Crippen LogP contribution in [0.3, 0.4) is 0 Å². The van der Waals surface area contributed by atoms with Crippen LogP contribution in [0.2, 0.25) is 0 Å². The number of carbonyl (C=O) groups excluding carboxylic acids is 1. The van der Waals surface area contributed by atoms with Crippen molar-refractivity contribution < 1.29 is 9.53 Å². The number of hydrogen-bond acceptors (Lipinski definition) is 6. The van der Waals surface area contributed by atoms with Crippen molar-refractivity contribution in [1.82, 2.24) is 14.9 Å². The highest BCUT2D eigenvalue weighted by Crippen LogP contribution is 2.23. The number of anilines is 1. The van der Waals surface area contributed by atoms with Gasteiger partial charge in [0.15, 0.2) is 5.16 Å². The number of nitrogens with zero attached hydrogens (tertiary/aromatic N) is 2. The number of benzene rings is 3. The van der Waals surface area contributed by atoms with E-state index in [-0.39, 0.29) is 17.2 Å². The molecule has 2 N–H and O–H groups in total. The van der Waals surface area contributed by atoms with Gasteiger partial charge in [-0.05, 0) is 42.0 Å². The molecular formula is C28H26N4O3S. The molecule has 2 heterocycles. The van der Waals surface area contributed by atoms with Crippen molar-refractivity contribution in [2.75, 3.05) is 17.6 Å². The highest BCUT2D eigenvalue weighted by molar-refractivity contribution is 7.99. The molecule has 0 unspecified atom stereocenters. The summed E-state index contributed by atoms with van der Waals surface area (Å²) in [5.41, 5.74) is 3.30. The minimum absolute atomic E-state index is 0.130. The smallest absolute Gasteiger partial charge is 0.256 e. The van der Waals surface area contributed by atoms with Crippen LogP contribution in [-0.4, -0.2) is 33.1 Å². The van der Waals surface area contributed by atoms with Gasteiger partial charge in [-0.1, -0.05) is 60.3 Å². The Hall–Kier alpha value is -3.88. The summed E-state index contributed by atoms with van der Waals surface area (Å²) in [6, 6.07) is 26.9. The Bertz CT molecular complexity index is 1380. The number of amides is 1. The fourth-order valence-electron chi connectivity index (χ4n) is 4.06. The molecule has 1 aliphatic rings. The molecule has 0 saturated heterocycles. The summed E-state index contributed by atoms with van der Waals surface area (Å²) in [6.07, 6.45) is 0.712. The largest absolute Gasteiger partial charge is 0.457 e. The van der Waals surface area contributed by atoms with E-state index in [1.54, 1.807) is 24.3 Å². The second-order valence-electron chi connectivity index (χ2n) is 8.52. The van der Waals surface area contributed by atoms with Gasteiger partial charge in [0.05, 0.1) is 17.0 Å². The van der Waals surface area contributed by atoms with Crippen molar-refractivity contribution in [3.63, 3.8) is 0 Å². The minimum Gasteiger partial charge on any atom is -0.457 e. The zero-order valence-electron chi connectivity index (χ0n) is 19.6. The lowest BCUT2D eigenvalue weighted by molar-refractivity contribution is -0.113. The number of fused-ring (bicyclic) bond motifs is 1. The fourth-order valence-corrected chi connectivity index (χ4v) is 4.74. The number of thioether (sulfide) groups is 1. The first-order chi connectivity index (χ1) is 17.6. The van der Waals surface area contributed by atoms with Gasteiger partial charge in [0.2, 0.25) is 5.91 Å². The van der Waals surface area contributed by atoms with Gasteiger partial charge in [-0.15, -0.1) is 0 Å². The highest BCUT2D eigenvalue weighted by Gasteiger charge is 2.21. The number of H-pyrrole nitrogens is 1. The van der Waals surface area contributed by atoms with Gasteiger partial charge in [-0.25, -0.2) is 4.98 Å². The average Bonchev–Trinajstić information content (AvgIpc) is 2.90. The normalized spacial score (nSPS) is 13.1. The molecule has 0 radical (unpaired) electrons. The second kappa shape index (κ2) is 11.2. The Morgan fingerprint density at radius 1 is 0.972 bits per heavy atom. The third-order valence-corrected chi connectivity index (χ3v) is 6.71. The van der Waals surface area contributed by atoms with E-state index in [2.05, 4.69) is 32.3 Å². The Morgan fingerprint density at radius 2 is 1.67 bits per heavy atom. The molecule has 1 aromatic heterocycles. The van der Waals surface area contributed by atoms with Crippen molar-refractivity contribution in [2.24, 2.45) is 0 Å². The Balaban J connectivity index is 1.14. The molecule has 3 aromatic carbocycles.